The standard InChI is InChI=1S/C23H26N2O4S/c1-4-13-29-14-12-25(16-8-6-5-7-9-16)23(28)20-21(26)18-15-17(30-3)10-11-19(18)24(2)22(20)27/h5-11,15,26H,4,12-14H2,1-3H3. The Morgan fingerprint density at radius 1 is 1.17 bits per heavy atom. The van der Waals surface area contributed by atoms with Crippen molar-refractivity contribution in [2.75, 3.05) is 30.9 Å². The molecule has 2 aromatic carbocycles. The van der Waals surface area contributed by atoms with Crippen LogP contribution in [0.3, 0.4) is 0 Å². The number of hydrogen-bond acceptors (Lipinski definition) is 5. The molecule has 0 bridgehead atoms. The Kier molecular flexibility index (Phi) is 7.18. The first-order valence-corrected chi connectivity index (χ1v) is 11.1. The third kappa shape index (κ3) is 4.37. The minimum Gasteiger partial charge on any atom is -0.506 e. The molecule has 1 heterocycles. The number of hydrogen-bond donors (Lipinski definition) is 1. The molecule has 0 radical (unpaired) electrons. The van der Waals surface area contributed by atoms with Gasteiger partial charge < -0.3 is 19.3 Å². The number of aryl methyl sites for hydroxylation is 1. The molecule has 0 fully saturated rings. The molecule has 7 heteroatoms. The second-order valence-corrected chi connectivity index (χ2v) is 7.76. The van der Waals surface area contributed by atoms with E-state index in [9.17, 15) is 14.7 Å². The Hall–Kier alpha value is -2.77. The van der Waals surface area contributed by atoms with Crippen LogP contribution in [-0.4, -0.2) is 41.6 Å². The van der Waals surface area contributed by atoms with Crippen LogP contribution in [0.2, 0.25) is 0 Å². The van der Waals surface area contributed by atoms with Crippen molar-refractivity contribution in [3.8, 4) is 5.75 Å². The van der Waals surface area contributed by atoms with Gasteiger partial charge in [0, 0.05) is 36.2 Å². The molecule has 6 nitrogen and oxygen atoms in total. The van der Waals surface area contributed by atoms with Crippen molar-refractivity contribution in [2.24, 2.45) is 7.05 Å². The van der Waals surface area contributed by atoms with Crippen LogP contribution in [0.15, 0.2) is 58.2 Å². The highest BCUT2D eigenvalue weighted by atomic mass is 32.2. The quantitative estimate of drug-likeness (QED) is 0.435. The maximum Gasteiger partial charge on any atom is 0.267 e. The fourth-order valence-corrected chi connectivity index (χ4v) is 3.76. The van der Waals surface area contributed by atoms with E-state index in [2.05, 4.69) is 0 Å². The molecule has 0 spiro atoms. The fourth-order valence-electron chi connectivity index (χ4n) is 3.32. The van der Waals surface area contributed by atoms with E-state index in [1.165, 1.54) is 21.2 Å². The topological polar surface area (TPSA) is 71.8 Å². The van der Waals surface area contributed by atoms with E-state index in [1.54, 1.807) is 31.3 Å². The summed E-state index contributed by atoms with van der Waals surface area (Å²) >= 11 is 1.53. The van der Waals surface area contributed by atoms with E-state index in [-0.39, 0.29) is 17.9 Å². The molecule has 0 atom stereocenters. The summed E-state index contributed by atoms with van der Waals surface area (Å²) in [5.41, 5.74) is 0.450. The van der Waals surface area contributed by atoms with Gasteiger partial charge in [-0.3, -0.25) is 9.59 Å². The average Bonchev–Trinajstić information content (AvgIpc) is 2.78. The first kappa shape index (κ1) is 21.9. The lowest BCUT2D eigenvalue weighted by atomic mass is 10.1. The summed E-state index contributed by atoms with van der Waals surface area (Å²) in [6.45, 7) is 3.21. The lowest BCUT2D eigenvalue weighted by Gasteiger charge is -2.24. The third-order valence-electron chi connectivity index (χ3n) is 4.91. The molecule has 3 rings (SSSR count). The summed E-state index contributed by atoms with van der Waals surface area (Å²) < 4.78 is 6.97. The molecule has 0 aliphatic rings. The van der Waals surface area contributed by atoms with Gasteiger partial charge in [0.2, 0.25) is 0 Å². The summed E-state index contributed by atoms with van der Waals surface area (Å²) in [4.78, 5) is 28.9. The van der Waals surface area contributed by atoms with Gasteiger partial charge in [-0.2, -0.15) is 0 Å². The number of anilines is 1. The molecule has 30 heavy (non-hydrogen) atoms. The molecule has 158 valence electrons. The number of amides is 1. The summed E-state index contributed by atoms with van der Waals surface area (Å²) in [5.74, 6) is -0.833. The first-order valence-electron chi connectivity index (χ1n) is 9.84. The molecule has 1 N–H and O–H groups in total. The predicted octanol–water partition coefficient (Wildman–Crippen LogP) is 4.04. The van der Waals surface area contributed by atoms with Gasteiger partial charge in [-0.25, -0.2) is 0 Å². The van der Waals surface area contributed by atoms with Gasteiger partial charge in [-0.1, -0.05) is 25.1 Å². The van der Waals surface area contributed by atoms with Crippen molar-refractivity contribution in [1.29, 1.82) is 0 Å². The Morgan fingerprint density at radius 2 is 1.90 bits per heavy atom. The Bertz CT molecular complexity index is 1100. The van der Waals surface area contributed by atoms with Crippen LogP contribution in [0, 0.1) is 0 Å². The zero-order valence-corrected chi connectivity index (χ0v) is 18.2. The van der Waals surface area contributed by atoms with E-state index in [0.717, 1.165) is 11.3 Å². The van der Waals surface area contributed by atoms with E-state index in [1.807, 2.05) is 37.4 Å². The zero-order valence-electron chi connectivity index (χ0n) is 17.4. The van der Waals surface area contributed by atoms with Crippen LogP contribution in [0.1, 0.15) is 23.7 Å². The van der Waals surface area contributed by atoms with Crippen molar-refractivity contribution in [3.05, 3.63) is 64.4 Å². The van der Waals surface area contributed by atoms with E-state index in [4.69, 9.17) is 4.74 Å². The van der Waals surface area contributed by atoms with Crippen molar-refractivity contribution < 1.29 is 14.6 Å². The first-order chi connectivity index (χ1) is 14.5. The maximum absolute atomic E-state index is 13.5. The third-order valence-corrected chi connectivity index (χ3v) is 5.64. The number of para-hydroxylation sites is 1. The second kappa shape index (κ2) is 9.82. The highest BCUT2D eigenvalue weighted by molar-refractivity contribution is 7.98. The number of carbonyl (C=O) groups excluding carboxylic acids is 1. The van der Waals surface area contributed by atoms with Gasteiger partial charge in [0.25, 0.3) is 11.5 Å². The predicted molar refractivity (Wildman–Crippen MR) is 122 cm³/mol. The van der Waals surface area contributed by atoms with Crippen LogP contribution in [0.5, 0.6) is 5.75 Å². The fraction of sp³-hybridized carbons (Fsp3) is 0.304. The SMILES string of the molecule is CCCOCCN(C(=O)c1c(O)c2cc(SC)ccc2n(C)c1=O)c1ccccc1. The van der Waals surface area contributed by atoms with Crippen LogP contribution in [0.25, 0.3) is 10.9 Å². The number of aromatic hydroxyl groups is 1. The van der Waals surface area contributed by atoms with Crippen molar-refractivity contribution in [2.45, 2.75) is 18.2 Å². The number of rotatable bonds is 8. The second-order valence-electron chi connectivity index (χ2n) is 6.88. The highest BCUT2D eigenvalue weighted by Crippen LogP contribution is 2.31. The lowest BCUT2D eigenvalue weighted by Crippen LogP contribution is -2.38. The molecule has 1 aromatic heterocycles. The van der Waals surface area contributed by atoms with Gasteiger partial charge >= 0.3 is 0 Å². The summed E-state index contributed by atoms with van der Waals surface area (Å²) in [6, 6.07) is 14.6. The van der Waals surface area contributed by atoms with Crippen molar-refractivity contribution >= 4 is 34.3 Å². The largest absolute Gasteiger partial charge is 0.506 e. The van der Waals surface area contributed by atoms with Crippen LogP contribution in [0.4, 0.5) is 5.69 Å². The van der Waals surface area contributed by atoms with Crippen LogP contribution >= 0.6 is 11.8 Å². The normalized spacial score (nSPS) is 11.0. The maximum atomic E-state index is 13.5. The minimum absolute atomic E-state index is 0.234. The highest BCUT2D eigenvalue weighted by Gasteiger charge is 2.26. The summed E-state index contributed by atoms with van der Waals surface area (Å²) in [5, 5.41) is 11.4. The smallest absolute Gasteiger partial charge is 0.267 e. The van der Waals surface area contributed by atoms with E-state index in [0.29, 0.717) is 29.8 Å². The van der Waals surface area contributed by atoms with Gasteiger partial charge in [0.15, 0.2) is 0 Å². The van der Waals surface area contributed by atoms with Gasteiger partial charge in [0.05, 0.1) is 12.1 Å². The molecule has 0 saturated carbocycles. The lowest BCUT2D eigenvalue weighted by molar-refractivity contribution is 0.0956. The number of ether oxygens (including phenoxy) is 1. The minimum atomic E-state index is -0.546. The number of carbonyl (C=O) groups is 1. The van der Waals surface area contributed by atoms with Crippen LogP contribution in [-0.2, 0) is 11.8 Å². The van der Waals surface area contributed by atoms with Crippen molar-refractivity contribution in [3.63, 3.8) is 0 Å². The van der Waals surface area contributed by atoms with Crippen LogP contribution < -0.4 is 10.5 Å². The number of benzene rings is 2. The Labute approximate surface area is 180 Å². The number of thioether (sulfide) groups is 1. The number of fused-ring (bicyclic) bond motifs is 1. The number of nitrogens with zero attached hydrogens (tertiary/aromatic N) is 2. The Balaban J connectivity index is 2.10. The monoisotopic (exact) mass is 426 g/mol. The zero-order chi connectivity index (χ0) is 21.7. The molecular formula is C23H26N2O4S. The molecule has 0 aliphatic heterocycles. The summed E-state index contributed by atoms with van der Waals surface area (Å²) in [7, 11) is 1.61. The van der Waals surface area contributed by atoms with Crippen molar-refractivity contribution in [1.82, 2.24) is 4.57 Å². The molecular weight excluding hydrogens is 400 g/mol. The van der Waals surface area contributed by atoms with Gasteiger partial charge in [-0.15, -0.1) is 11.8 Å². The molecule has 1 amide bonds. The number of pyridine rings is 1. The molecule has 3 aromatic rings. The number of aromatic nitrogens is 1. The van der Waals surface area contributed by atoms with E-state index >= 15 is 0 Å². The molecule has 0 saturated heterocycles. The summed E-state index contributed by atoms with van der Waals surface area (Å²) in [6.07, 6.45) is 2.81. The molecule has 0 aliphatic carbocycles. The average molecular weight is 427 g/mol. The Morgan fingerprint density at radius 3 is 2.57 bits per heavy atom. The van der Waals surface area contributed by atoms with Gasteiger partial charge in [-0.05, 0) is 43.0 Å². The molecule has 0 unspecified atom stereocenters. The van der Waals surface area contributed by atoms with Gasteiger partial charge in [0.1, 0.15) is 11.3 Å². The van der Waals surface area contributed by atoms with E-state index < -0.39 is 11.5 Å².